The predicted molar refractivity (Wildman–Crippen MR) is 56.7 cm³/mol. The monoisotopic (exact) mass is 228 g/mol. The standard InChI is InChI=1S/C11H14F2N2O/c1-8(16)15-5-4-14-7-9-6-10(12)2-3-11(9)13/h2-3,6,14H,4-5,7H2,1H3,(H,15,16). The lowest BCUT2D eigenvalue weighted by Crippen LogP contribution is -2.30. The van der Waals surface area contributed by atoms with Crippen LogP contribution >= 0.6 is 0 Å². The van der Waals surface area contributed by atoms with Crippen LogP contribution < -0.4 is 10.6 Å². The van der Waals surface area contributed by atoms with E-state index in [-0.39, 0.29) is 18.0 Å². The molecule has 0 aliphatic carbocycles. The van der Waals surface area contributed by atoms with Gasteiger partial charge in [-0.2, -0.15) is 0 Å². The second-order valence-corrected chi connectivity index (χ2v) is 3.40. The van der Waals surface area contributed by atoms with Crippen molar-refractivity contribution in [2.75, 3.05) is 13.1 Å². The zero-order valence-electron chi connectivity index (χ0n) is 9.02. The minimum absolute atomic E-state index is 0.112. The maximum atomic E-state index is 13.1. The van der Waals surface area contributed by atoms with Crippen molar-refractivity contribution in [2.24, 2.45) is 0 Å². The van der Waals surface area contributed by atoms with Crippen molar-refractivity contribution >= 4 is 5.91 Å². The molecule has 0 spiro atoms. The molecular formula is C11H14F2N2O. The molecule has 1 amide bonds. The average molecular weight is 228 g/mol. The minimum Gasteiger partial charge on any atom is -0.355 e. The van der Waals surface area contributed by atoms with E-state index in [4.69, 9.17) is 0 Å². The Morgan fingerprint density at radius 2 is 2.06 bits per heavy atom. The maximum absolute atomic E-state index is 13.1. The highest BCUT2D eigenvalue weighted by atomic mass is 19.1. The van der Waals surface area contributed by atoms with Crippen LogP contribution in [0.1, 0.15) is 12.5 Å². The molecule has 0 atom stereocenters. The van der Waals surface area contributed by atoms with E-state index >= 15 is 0 Å². The van der Waals surface area contributed by atoms with Crippen LogP contribution in [0.5, 0.6) is 0 Å². The third-order valence-electron chi connectivity index (χ3n) is 2.00. The Morgan fingerprint density at radius 3 is 2.75 bits per heavy atom. The number of hydrogen-bond acceptors (Lipinski definition) is 2. The summed E-state index contributed by atoms with van der Waals surface area (Å²) in [5.41, 5.74) is 0.280. The zero-order valence-corrected chi connectivity index (χ0v) is 9.02. The van der Waals surface area contributed by atoms with Crippen molar-refractivity contribution < 1.29 is 13.6 Å². The average Bonchev–Trinajstić information content (AvgIpc) is 2.22. The normalized spacial score (nSPS) is 10.2. The number of rotatable bonds is 5. The van der Waals surface area contributed by atoms with Crippen molar-refractivity contribution in [3.8, 4) is 0 Å². The Hall–Kier alpha value is -1.49. The summed E-state index contributed by atoms with van der Waals surface area (Å²) < 4.78 is 25.9. The molecule has 0 aliphatic heterocycles. The van der Waals surface area contributed by atoms with Gasteiger partial charge < -0.3 is 10.6 Å². The predicted octanol–water partition coefficient (Wildman–Crippen LogP) is 1.19. The molecule has 16 heavy (non-hydrogen) atoms. The third kappa shape index (κ3) is 4.35. The Bertz CT molecular complexity index is 369. The van der Waals surface area contributed by atoms with E-state index in [1.165, 1.54) is 6.92 Å². The topological polar surface area (TPSA) is 41.1 Å². The van der Waals surface area contributed by atoms with Crippen molar-refractivity contribution in [3.05, 3.63) is 35.4 Å². The highest BCUT2D eigenvalue weighted by Crippen LogP contribution is 2.08. The van der Waals surface area contributed by atoms with Gasteiger partial charge in [-0.1, -0.05) is 0 Å². The highest BCUT2D eigenvalue weighted by Gasteiger charge is 2.02. The summed E-state index contributed by atoms with van der Waals surface area (Å²) in [6.07, 6.45) is 0. The fraction of sp³-hybridized carbons (Fsp3) is 0.364. The Kier molecular flexibility index (Phi) is 4.85. The molecule has 0 bridgehead atoms. The van der Waals surface area contributed by atoms with Crippen LogP contribution in [0.25, 0.3) is 0 Å². The lowest BCUT2D eigenvalue weighted by atomic mass is 10.2. The first-order valence-electron chi connectivity index (χ1n) is 4.98. The number of amides is 1. The van der Waals surface area contributed by atoms with Gasteiger partial charge in [0.15, 0.2) is 0 Å². The minimum atomic E-state index is -0.458. The first-order valence-corrected chi connectivity index (χ1v) is 4.98. The third-order valence-corrected chi connectivity index (χ3v) is 2.00. The van der Waals surface area contributed by atoms with Gasteiger partial charge in [-0.25, -0.2) is 8.78 Å². The van der Waals surface area contributed by atoms with Gasteiger partial charge >= 0.3 is 0 Å². The largest absolute Gasteiger partial charge is 0.355 e. The lowest BCUT2D eigenvalue weighted by molar-refractivity contribution is -0.118. The number of carbonyl (C=O) groups is 1. The molecule has 0 radical (unpaired) electrons. The summed E-state index contributed by atoms with van der Waals surface area (Å²) >= 11 is 0. The summed E-state index contributed by atoms with van der Waals surface area (Å²) in [6, 6.07) is 3.33. The SMILES string of the molecule is CC(=O)NCCNCc1cc(F)ccc1F. The van der Waals surface area contributed by atoms with Crippen molar-refractivity contribution in [1.29, 1.82) is 0 Å². The summed E-state index contributed by atoms with van der Waals surface area (Å²) in [5, 5.41) is 5.49. The summed E-state index contributed by atoms with van der Waals surface area (Å²) in [4.78, 5) is 10.5. The van der Waals surface area contributed by atoms with E-state index < -0.39 is 11.6 Å². The van der Waals surface area contributed by atoms with Crippen LogP contribution in [0.15, 0.2) is 18.2 Å². The van der Waals surface area contributed by atoms with Gasteiger partial charge in [0.05, 0.1) is 0 Å². The van der Waals surface area contributed by atoms with Gasteiger partial charge in [-0.15, -0.1) is 0 Å². The Morgan fingerprint density at radius 1 is 1.31 bits per heavy atom. The number of hydrogen-bond donors (Lipinski definition) is 2. The number of benzene rings is 1. The second kappa shape index (κ2) is 6.17. The summed E-state index contributed by atoms with van der Waals surface area (Å²) in [7, 11) is 0. The van der Waals surface area contributed by atoms with Crippen LogP contribution in [0, 0.1) is 11.6 Å². The molecule has 0 saturated heterocycles. The maximum Gasteiger partial charge on any atom is 0.216 e. The van der Waals surface area contributed by atoms with Crippen molar-refractivity contribution in [2.45, 2.75) is 13.5 Å². The van der Waals surface area contributed by atoms with Crippen LogP contribution in [0.2, 0.25) is 0 Å². The molecule has 0 fully saturated rings. The molecule has 88 valence electrons. The molecule has 1 rings (SSSR count). The second-order valence-electron chi connectivity index (χ2n) is 3.40. The van der Waals surface area contributed by atoms with E-state index in [0.717, 1.165) is 18.2 Å². The molecule has 0 heterocycles. The van der Waals surface area contributed by atoms with Gasteiger partial charge in [-0.3, -0.25) is 4.79 Å². The smallest absolute Gasteiger partial charge is 0.216 e. The van der Waals surface area contributed by atoms with E-state index in [0.29, 0.717) is 13.1 Å². The summed E-state index contributed by atoms with van der Waals surface area (Å²) in [6.45, 7) is 2.64. The van der Waals surface area contributed by atoms with Gasteiger partial charge in [0.2, 0.25) is 5.91 Å². The van der Waals surface area contributed by atoms with Gasteiger partial charge in [0, 0.05) is 32.1 Å². The molecule has 0 aromatic heterocycles. The summed E-state index contributed by atoms with van der Waals surface area (Å²) in [5.74, 6) is -1.01. The van der Waals surface area contributed by atoms with Crippen molar-refractivity contribution in [1.82, 2.24) is 10.6 Å². The molecular weight excluding hydrogens is 214 g/mol. The molecule has 0 aliphatic rings. The van der Waals surface area contributed by atoms with Crippen molar-refractivity contribution in [3.63, 3.8) is 0 Å². The van der Waals surface area contributed by atoms with Crippen LogP contribution in [0.4, 0.5) is 8.78 Å². The first kappa shape index (κ1) is 12.6. The lowest BCUT2D eigenvalue weighted by Gasteiger charge is -2.06. The molecule has 1 aromatic carbocycles. The van der Waals surface area contributed by atoms with E-state index in [1.54, 1.807) is 0 Å². The Balaban J connectivity index is 2.31. The van der Waals surface area contributed by atoms with Crippen LogP contribution in [-0.2, 0) is 11.3 Å². The Labute approximate surface area is 92.8 Å². The number of carbonyl (C=O) groups excluding carboxylic acids is 1. The van der Waals surface area contributed by atoms with Gasteiger partial charge in [-0.05, 0) is 18.2 Å². The first-order chi connectivity index (χ1) is 7.59. The van der Waals surface area contributed by atoms with Gasteiger partial charge in [0.1, 0.15) is 11.6 Å². The van der Waals surface area contributed by atoms with Gasteiger partial charge in [0.25, 0.3) is 0 Å². The molecule has 0 saturated carbocycles. The van der Waals surface area contributed by atoms with Crippen LogP contribution in [0.3, 0.4) is 0 Å². The molecule has 5 heteroatoms. The van der Waals surface area contributed by atoms with E-state index in [2.05, 4.69) is 10.6 Å². The fourth-order valence-electron chi connectivity index (χ4n) is 1.23. The number of nitrogens with one attached hydrogen (secondary N) is 2. The highest BCUT2D eigenvalue weighted by molar-refractivity contribution is 5.72. The zero-order chi connectivity index (χ0) is 12.0. The number of halogens is 2. The van der Waals surface area contributed by atoms with E-state index in [9.17, 15) is 13.6 Å². The quantitative estimate of drug-likeness (QED) is 0.743. The molecule has 3 nitrogen and oxygen atoms in total. The molecule has 2 N–H and O–H groups in total. The molecule has 0 unspecified atom stereocenters. The fourth-order valence-corrected chi connectivity index (χ4v) is 1.23. The van der Waals surface area contributed by atoms with E-state index in [1.807, 2.05) is 0 Å². The molecule has 1 aromatic rings. The van der Waals surface area contributed by atoms with Crippen LogP contribution in [-0.4, -0.2) is 19.0 Å².